The molecule has 0 saturated carbocycles. The molecular formula is C11H15N3O4S. The van der Waals surface area contributed by atoms with Gasteiger partial charge in [-0.2, -0.15) is 0 Å². The molecule has 0 bridgehead atoms. The van der Waals surface area contributed by atoms with E-state index >= 15 is 0 Å². The van der Waals surface area contributed by atoms with Gasteiger partial charge in [-0.1, -0.05) is 0 Å². The van der Waals surface area contributed by atoms with Gasteiger partial charge in [0.2, 0.25) is 0 Å². The van der Waals surface area contributed by atoms with Gasteiger partial charge in [-0.25, -0.2) is 13.4 Å². The molecule has 2 rings (SSSR count). The third-order valence-electron chi connectivity index (χ3n) is 3.09. The van der Waals surface area contributed by atoms with Gasteiger partial charge in [0, 0.05) is 11.6 Å². The molecule has 0 aromatic carbocycles. The van der Waals surface area contributed by atoms with Crippen molar-refractivity contribution in [3.05, 3.63) is 27.9 Å². The highest BCUT2D eigenvalue weighted by molar-refractivity contribution is 7.91. The number of aromatic nitrogens is 1. The van der Waals surface area contributed by atoms with Gasteiger partial charge >= 0.3 is 0 Å². The second-order valence-electron chi connectivity index (χ2n) is 4.71. The van der Waals surface area contributed by atoms with Gasteiger partial charge in [0.15, 0.2) is 9.84 Å². The summed E-state index contributed by atoms with van der Waals surface area (Å²) in [6.45, 7) is 1.63. The summed E-state index contributed by atoms with van der Waals surface area (Å²) in [5.41, 5.74) is 0.461. The number of pyridine rings is 1. The van der Waals surface area contributed by atoms with Crippen LogP contribution < -0.4 is 5.32 Å². The fourth-order valence-electron chi connectivity index (χ4n) is 2.16. The Hall–Kier alpha value is -1.70. The largest absolute Gasteiger partial charge is 0.366 e. The van der Waals surface area contributed by atoms with Crippen molar-refractivity contribution < 1.29 is 13.3 Å². The van der Waals surface area contributed by atoms with Crippen LogP contribution in [-0.4, -0.2) is 35.9 Å². The van der Waals surface area contributed by atoms with Crippen molar-refractivity contribution in [2.75, 3.05) is 16.8 Å². The molecule has 1 fully saturated rings. The molecule has 2 heterocycles. The third-order valence-corrected chi connectivity index (χ3v) is 4.92. The van der Waals surface area contributed by atoms with E-state index in [-0.39, 0.29) is 23.2 Å². The van der Waals surface area contributed by atoms with E-state index in [0.29, 0.717) is 17.8 Å². The molecule has 1 N–H and O–H groups in total. The van der Waals surface area contributed by atoms with Crippen LogP contribution in [0.25, 0.3) is 0 Å². The predicted octanol–water partition coefficient (Wildman–Crippen LogP) is 1.29. The Morgan fingerprint density at radius 2 is 2.26 bits per heavy atom. The Morgan fingerprint density at radius 3 is 2.84 bits per heavy atom. The molecule has 19 heavy (non-hydrogen) atoms. The van der Waals surface area contributed by atoms with Crippen LogP contribution in [0.5, 0.6) is 0 Å². The number of sulfone groups is 1. The first kappa shape index (κ1) is 13.7. The van der Waals surface area contributed by atoms with Crippen molar-refractivity contribution in [2.45, 2.75) is 25.8 Å². The minimum atomic E-state index is -2.98. The molecule has 1 aliphatic heterocycles. The molecule has 0 spiro atoms. The van der Waals surface area contributed by atoms with E-state index in [1.165, 1.54) is 6.20 Å². The highest BCUT2D eigenvalue weighted by Gasteiger charge is 2.25. The number of hydrogen-bond donors (Lipinski definition) is 1. The summed E-state index contributed by atoms with van der Waals surface area (Å²) < 4.78 is 23.0. The molecule has 1 saturated heterocycles. The van der Waals surface area contributed by atoms with Crippen LogP contribution in [0.4, 0.5) is 11.5 Å². The highest BCUT2D eigenvalue weighted by atomic mass is 32.2. The van der Waals surface area contributed by atoms with Gasteiger partial charge in [0.25, 0.3) is 5.69 Å². The van der Waals surface area contributed by atoms with Crippen molar-refractivity contribution in [1.29, 1.82) is 0 Å². The molecule has 0 amide bonds. The Balaban J connectivity index is 2.11. The second kappa shape index (κ2) is 5.12. The van der Waals surface area contributed by atoms with Gasteiger partial charge in [0.1, 0.15) is 12.0 Å². The van der Waals surface area contributed by atoms with E-state index in [1.807, 2.05) is 0 Å². The Labute approximate surface area is 111 Å². The highest BCUT2D eigenvalue weighted by Crippen LogP contribution is 2.21. The molecule has 0 aliphatic carbocycles. The van der Waals surface area contributed by atoms with E-state index in [1.54, 1.807) is 13.0 Å². The van der Waals surface area contributed by atoms with Crippen LogP contribution in [0.15, 0.2) is 12.3 Å². The lowest BCUT2D eigenvalue weighted by molar-refractivity contribution is -0.385. The maximum Gasteiger partial charge on any atom is 0.290 e. The molecule has 0 radical (unpaired) electrons. The summed E-state index contributed by atoms with van der Waals surface area (Å²) in [5, 5.41) is 13.7. The van der Waals surface area contributed by atoms with Crippen molar-refractivity contribution in [3.63, 3.8) is 0 Å². The van der Waals surface area contributed by atoms with E-state index < -0.39 is 14.8 Å². The number of aryl methyl sites for hydroxylation is 1. The van der Waals surface area contributed by atoms with Crippen LogP contribution >= 0.6 is 0 Å². The number of hydrogen-bond acceptors (Lipinski definition) is 6. The van der Waals surface area contributed by atoms with Gasteiger partial charge in [0.05, 0.1) is 16.4 Å². The average Bonchev–Trinajstić information content (AvgIpc) is 2.27. The Kier molecular flexibility index (Phi) is 3.70. The van der Waals surface area contributed by atoms with Crippen molar-refractivity contribution >= 4 is 21.3 Å². The summed E-state index contributed by atoms with van der Waals surface area (Å²) in [5.74, 6) is 0.799. The molecule has 104 valence electrons. The number of nitro groups is 1. The number of anilines is 1. The first-order chi connectivity index (χ1) is 8.87. The molecule has 1 atom stereocenters. The first-order valence-electron chi connectivity index (χ1n) is 5.95. The summed E-state index contributed by atoms with van der Waals surface area (Å²) in [7, 11) is -2.98. The smallest absolute Gasteiger partial charge is 0.290 e. The molecule has 1 unspecified atom stereocenters. The lowest BCUT2D eigenvalue weighted by Gasteiger charge is -2.23. The number of nitrogens with zero attached hydrogens (tertiary/aromatic N) is 2. The first-order valence-corrected chi connectivity index (χ1v) is 7.77. The summed E-state index contributed by atoms with van der Waals surface area (Å²) in [6, 6.07) is 1.39. The molecule has 7 nitrogen and oxygen atoms in total. The maximum absolute atomic E-state index is 11.5. The summed E-state index contributed by atoms with van der Waals surface area (Å²) in [6.07, 6.45) is 2.58. The van der Waals surface area contributed by atoms with Crippen LogP contribution in [0.2, 0.25) is 0 Å². The van der Waals surface area contributed by atoms with Gasteiger partial charge in [-0.05, 0) is 25.8 Å². The summed E-state index contributed by atoms with van der Waals surface area (Å²) >= 11 is 0. The van der Waals surface area contributed by atoms with E-state index in [4.69, 9.17) is 0 Å². The van der Waals surface area contributed by atoms with Crippen LogP contribution in [-0.2, 0) is 9.84 Å². The average molecular weight is 285 g/mol. The van der Waals surface area contributed by atoms with Gasteiger partial charge in [-0.3, -0.25) is 10.1 Å². The molecule has 1 aromatic rings. The molecular weight excluding hydrogens is 270 g/mol. The lowest BCUT2D eigenvalue weighted by atomic mass is 10.2. The van der Waals surface area contributed by atoms with Crippen LogP contribution in [0, 0.1) is 17.0 Å². The summed E-state index contributed by atoms with van der Waals surface area (Å²) in [4.78, 5) is 14.1. The van der Waals surface area contributed by atoms with E-state index in [9.17, 15) is 18.5 Å². The fraction of sp³-hybridized carbons (Fsp3) is 0.545. The predicted molar refractivity (Wildman–Crippen MR) is 70.9 cm³/mol. The monoisotopic (exact) mass is 285 g/mol. The zero-order chi connectivity index (χ0) is 14.0. The Morgan fingerprint density at radius 1 is 1.53 bits per heavy atom. The SMILES string of the molecule is Cc1cc(NC2CCCS(=O)(=O)C2)ncc1[N+](=O)[O-]. The van der Waals surface area contributed by atoms with Crippen molar-refractivity contribution in [2.24, 2.45) is 0 Å². The van der Waals surface area contributed by atoms with Gasteiger partial charge in [-0.15, -0.1) is 0 Å². The van der Waals surface area contributed by atoms with Crippen molar-refractivity contribution in [1.82, 2.24) is 4.98 Å². The van der Waals surface area contributed by atoms with Gasteiger partial charge < -0.3 is 5.32 Å². The Bertz CT molecular complexity index is 600. The molecule has 1 aromatic heterocycles. The third kappa shape index (κ3) is 3.40. The van der Waals surface area contributed by atoms with E-state index in [0.717, 1.165) is 6.42 Å². The topological polar surface area (TPSA) is 102 Å². The zero-order valence-electron chi connectivity index (χ0n) is 10.5. The second-order valence-corrected chi connectivity index (χ2v) is 6.94. The lowest BCUT2D eigenvalue weighted by Crippen LogP contribution is -2.35. The fourth-order valence-corrected chi connectivity index (χ4v) is 3.80. The number of nitrogens with one attached hydrogen (secondary N) is 1. The molecule has 8 heteroatoms. The minimum Gasteiger partial charge on any atom is -0.366 e. The molecule has 1 aliphatic rings. The maximum atomic E-state index is 11.5. The van der Waals surface area contributed by atoms with Crippen LogP contribution in [0.1, 0.15) is 18.4 Å². The standard InChI is InChI=1S/C11H15N3O4S/c1-8-5-11(12-6-10(8)14(15)16)13-9-3-2-4-19(17,18)7-9/h5-6,9H,2-4,7H2,1H3,(H,12,13). The van der Waals surface area contributed by atoms with Crippen LogP contribution in [0.3, 0.4) is 0 Å². The van der Waals surface area contributed by atoms with Crippen molar-refractivity contribution in [3.8, 4) is 0 Å². The number of rotatable bonds is 3. The normalized spacial score (nSPS) is 21.8. The zero-order valence-corrected chi connectivity index (χ0v) is 11.3. The minimum absolute atomic E-state index is 0.0400. The van der Waals surface area contributed by atoms with E-state index in [2.05, 4.69) is 10.3 Å². The quantitative estimate of drug-likeness (QED) is 0.663.